The van der Waals surface area contributed by atoms with Gasteiger partial charge in [0.25, 0.3) is 0 Å². The first-order valence-electron chi connectivity index (χ1n) is 3.67. The summed E-state index contributed by atoms with van der Waals surface area (Å²) in [6.07, 6.45) is 0. The molecule has 0 amide bonds. The highest BCUT2D eigenvalue weighted by Crippen LogP contribution is 1.86. The highest BCUT2D eigenvalue weighted by Gasteiger charge is 1.92. The highest BCUT2D eigenvalue weighted by atomic mass is 28.3. The molecule has 1 atom stereocenters. The molecule has 2 heteroatoms. The van der Waals surface area contributed by atoms with Gasteiger partial charge < -0.3 is 4.43 Å². The standard InChI is InChI=1S/C4H12OSi.H2/c1-4-6(3)5-2;/h6H,4H2,1-3H3;1H/i6T;1+2T. The minimum Gasteiger partial charge on any atom is -0.423 e. The summed E-state index contributed by atoms with van der Waals surface area (Å²) in [7, 11) is -0.287. The molecule has 0 bridgehead atoms. The summed E-state index contributed by atoms with van der Waals surface area (Å²) >= 11 is 0. The second-order valence-electron chi connectivity index (χ2n) is 1.26. The van der Waals surface area contributed by atoms with Crippen molar-refractivity contribution in [3.05, 3.63) is 0 Å². The van der Waals surface area contributed by atoms with Crippen molar-refractivity contribution >= 4 is 8.97 Å². The van der Waals surface area contributed by atoms with E-state index in [9.17, 15) is 0 Å². The molecule has 0 aromatic rings. The van der Waals surface area contributed by atoms with E-state index in [-0.39, 0.29) is 0 Å². The van der Waals surface area contributed by atoms with Crippen molar-refractivity contribution < 1.29 is 7.40 Å². The molecule has 0 fully saturated rings. The predicted molar refractivity (Wildman–Crippen MR) is 32.6 cm³/mol. The predicted octanol–water partition coefficient (Wildman–Crippen LogP) is 1.25. The Hall–Kier alpha value is 0.177. The molecule has 0 rings (SSSR count). The third-order valence-corrected chi connectivity index (χ3v) is 2.54. The van der Waals surface area contributed by atoms with Crippen molar-refractivity contribution in [2.24, 2.45) is 0 Å². The fourth-order valence-electron chi connectivity index (χ4n) is 0.144. The maximum atomic E-state index is 7.34. The van der Waals surface area contributed by atoms with Crippen LogP contribution in [0, 0.1) is 0 Å². The van der Waals surface area contributed by atoms with Crippen molar-refractivity contribution in [2.75, 3.05) is 7.11 Å². The van der Waals surface area contributed by atoms with Crippen molar-refractivity contribution in [1.82, 2.24) is 0 Å². The maximum absolute atomic E-state index is 7.34. The summed E-state index contributed by atoms with van der Waals surface area (Å²) in [6, 6.07) is 0.878. The van der Waals surface area contributed by atoms with Crippen LogP contribution in [0.3, 0.4) is 0 Å². The molecular weight excluding hydrogens is 92.1 g/mol. The third kappa shape index (κ3) is 2.42. The summed E-state index contributed by atoms with van der Waals surface area (Å²) < 4.78 is 22.2. The van der Waals surface area contributed by atoms with Crippen LogP contribution < -0.4 is 0 Å². The number of rotatable bonds is 2. The van der Waals surface area contributed by atoms with Gasteiger partial charge in [-0.3, -0.25) is 0 Å². The van der Waals surface area contributed by atoms with Gasteiger partial charge in [-0.1, -0.05) is 6.92 Å². The second-order valence-corrected chi connectivity index (χ2v) is 3.78. The van der Waals surface area contributed by atoms with E-state index in [0.717, 1.165) is 6.04 Å². The Morgan fingerprint density at radius 2 is 2.83 bits per heavy atom. The van der Waals surface area contributed by atoms with Gasteiger partial charge in [0.1, 0.15) is 0 Å². The van der Waals surface area contributed by atoms with E-state index in [1.165, 1.54) is 0 Å². The number of hydrogen-bond donors (Lipinski definition) is 0. The Balaban J connectivity index is 0. The van der Waals surface area contributed by atoms with Gasteiger partial charge in [-0.25, -0.2) is 0 Å². The lowest BCUT2D eigenvalue weighted by atomic mass is 11.0. The lowest BCUT2D eigenvalue weighted by Crippen LogP contribution is -2.06. The van der Waals surface area contributed by atoms with Gasteiger partial charge in [0.15, 0.2) is 8.97 Å². The van der Waals surface area contributed by atoms with Gasteiger partial charge in [-0.2, -0.15) is 0 Å². The zero-order chi connectivity index (χ0) is 7.91. The third-order valence-electron chi connectivity index (χ3n) is 0.846. The van der Waals surface area contributed by atoms with E-state index in [4.69, 9.17) is 8.63 Å². The molecule has 0 spiro atoms. The van der Waals surface area contributed by atoms with E-state index in [0.29, 0.717) is 0 Å². The lowest BCUT2D eigenvalue weighted by Gasteiger charge is -1.98. The van der Waals surface area contributed by atoms with E-state index < -0.39 is 8.97 Å². The average Bonchev–Trinajstić information content (AvgIpc) is 1.93. The van der Waals surface area contributed by atoms with Crippen LogP contribution in [0.2, 0.25) is 12.6 Å². The summed E-state index contributed by atoms with van der Waals surface area (Å²) in [5.74, 6) is 0. The van der Waals surface area contributed by atoms with Gasteiger partial charge >= 0.3 is 0 Å². The molecule has 0 aliphatic rings. The van der Waals surface area contributed by atoms with Crippen LogP contribution >= 0.6 is 0 Å². The molecule has 0 N–H and O–H groups in total. The van der Waals surface area contributed by atoms with Gasteiger partial charge in [0.2, 0.25) is 0 Å². The SMILES string of the molecule is [3H][3H].[3H][Si](C)(CC)OC. The van der Waals surface area contributed by atoms with Crippen LogP contribution in [0.4, 0.5) is 0 Å². The molecule has 0 aliphatic heterocycles. The Morgan fingerprint density at radius 3 is 2.83 bits per heavy atom. The largest absolute Gasteiger partial charge is 0.423 e. The van der Waals surface area contributed by atoms with Crippen molar-refractivity contribution in [1.29, 1.82) is 1.23 Å². The molecule has 6 heavy (non-hydrogen) atoms. The fraction of sp³-hybridized carbons (Fsp3) is 1.00. The van der Waals surface area contributed by atoms with E-state index >= 15 is 0 Å². The summed E-state index contributed by atoms with van der Waals surface area (Å²) in [5.41, 5.74) is 0. The monoisotopic (exact) mass is 112 g/mol. The summed E-state index contributed by atoms with van der Waals surface area (Å²) in [6.45, 7) is 3.87. The zero-order valence-electron chi connectivity index (χ0n) is 7.62. The van der Waals surface area contributed by atoms with Crippen LogP contribution in [-0.2, 0) is 4.43 Å². The van der Waals surface area contributed by atoms with Crippen LogP contribution in [0.1, 0.15) is 9.89 Å². The van der Waals surface area contributed by atoms with Gasteiger partial charge in [0.05, 0.1) is 0 Å². The molecule has 0 aromatic carbocycles. The van der Waals surface area contributed by atoms with Gasteiger partial charge in [-0.15, -0.1) is 0 Å². The molecule has 0 radical (unpaired) electrons. The normalized spacial score (nSPS) is 23.5. The van der Waals surface area contributed by atoms with Crippen LogP contribution in [-0.4, -0.2) is 17.3 Å². The molecule has 1 unspecified atom stereocenters. The Morgan fingerprint density at radius 1 is 2.33 bits per heavy atom. The molecule has 1 nitrogen and oxygen atoms in total. The van der Waals surface area contributed by atoms with Crippen molar-refractivity contribution in [2.45, 2.75) is 19.5 Å². The van der Waals surface area contributed by atoms with Gasteiger partial charge in [0, 0.05) is 11.3 Å². The Bertz CT molecular complexity index is 53.8. The zero-order valence-corrected chi connectivity index (χ0v) is 5.62. The van der Waals surface area contributed by atoms with Gasteiger partial charge in [-0.05, 0) is 12.6 Å². The Kier molecular flexibility index (Phi) is 1.81. The first kappa shape index (κ1) is 3.21. The maximum Gasteiger partial charge on any atom is 0.173 e. The lowest BCUT2D eigenvalue weighted by molar-refractivity contribution is 0.425. The minimum absolute atomic E-state index is 0.878. The molecule has 0 aromatic heterocycles. The topological polar surface area (TPSA) is 9.23 Å². The average molecular weight is 112 g/mol. The summed E-state index contributed by atoms with van der Waals surface area (Å²) in [5, 5.41) is 0. The number of hydrogen-bond acceptors (Lipinski definition) is 1. The molecule has 0 saturated carbocycles. The first-order valence-corrected chi connectivity index (χ1v) is 4.29. The van der Waals surface area contributed by atoms with Crippen LogP contribution in [0.15, 0.2) is 0 Å². The first-order chi connectivity index (χ1) is 4.12. The Labute approximate surface area is 45.4 Å². The van der Waals surface area contributed by atoms with Crippen LogP contribution in [0.5, 0.6) is 0 Å². The van der Waals surface area contributed by atoms with Crippen LogP contribution in [0.25, 0.3) is 0 Å². The molecule has 40 valence electrons. The van der Waals surface area contributed by atoms with Crippen molar-refractivity contribution in [3.63, 3.8) is 0 Å². The summed E-state index contributed by atoms with van der Waals surface area (Å²) in [4.78, 5) is 0. The second kappa shape index (κ2) is 3.37. The smallest absolute Gasteiger partial charge is 0.173 e. The van der Waals surface area contributed by atoms with E-state index in [1.54, 1.807) is 7.11 Å². The van der Waals surface area contributed by atoms with E-state index in [2.05, 4.69) is 0 Å². The van der Waals surface area contributed by atoms with E-state index in [1.807, 2.05) is 13.5 Å². The minimum atomic E-state index is -1.90. The van der Waals surface area contributed by atoms with Crippen molar-refractivity contribution in [3.8, 4) is 0 Å². The quantitative estimate of drug-likeness (QED) is 0.489. The molecule has 0 aliphatic carbocycles. The fourth-order valence-corrected chi connectivity index (χ4v) is 0.433. The molecular formula is C4H14OSi. The highest BCUT2D eigenvalue weighted by molar-refractivity contribution is 6.49. The molecule has 0 saturated heterocycles. The molecule has 0 heterocycles.